The maximum Gasteiger partial charge on any atom is 0.117 e. The van der Waals surface area contributed by atoms with Gasteiger partial charge in [0.2, 0.25) is 0 Å². The number of hydrazine groups is 1. The van der Waals surface area contributed by atoms with Gasteiger partial charge < -0.3 is 10.5 Å². The average Bonchev–Trinajstić information content (AvgIpc) is 1.94. The first-order chi connectivity index (χ1) is 4.74. The van der Waals surface area contributed by atoms with E-state index in [2.05, 4.69) is 5.43 Å². The zero-order valence-electron chi connectivity index (χ0n) is 5.76. The number of anilines is 1. The van der Waals surface area contributed by atoms with Crippen LogP contribution in [0.5, 0.6) is 5.75 Å². The van der Waals surface area contributed by atoms with Gasteiger partial charge in [0.25, 0.3) is 0 Å². The number of nitrogens with two attached hydrogens (primary N) is 1. The summed E-state index contributed by atoms with van der Waals surface area (Å²) in [5.41, 5.74) is 4.24. The second-order valence-corrected chi connectivity index (χ2v) is 2.14. The molecule has 0 aliphatic heterocycles. The van der Waals surface area contributed by atoms with Gasteiger partial charge in [-0.15, -0.1) is 0 Å². The summed E-state index contributed by atoms with van der Waals surface area (Å²) in [5.74, 6) is 5.38. The van der Waals surface area contributed by atoms with Crippen molar-refractivity contribution in [1.82, 2.24) is 0 Å². The Morgan fingerprint density at radius 2 is 2.20 bits per heavy atom. The van der Waals surface area contributed by atoms with Crippen LogP contribution in [0.15, 0.2) is 18.2 Å². The largest absolute Gasteiger partial charge is 0.508 e. The molecule has 0 fully saturated rings. The molecule has 0 bridgehead atoms. The Hall–Kier alpha value is -1.22. The molecule has 0 radical (unpaired) electrons. The van der Waals surface area contributed by atoms with Gasteiger partial charge in [0.15, 0.2) is 0 Å². The fraction of sp³-hybridized carbons (Fsp3) is 0.143. The lowest BCUT2D eigenvalue weighted by Gasteiger charge is -2.03. The Balaban J connectivity index is 3.09. The lowest BCUT2D eigenvalue weighted by Crippen LogP contribution is -2.07. The summed E-state index contributed by atoms with van der Waals surface area (Å²) in [6.07, 6.45) is 0. The normalized spacial score (nSPS) is 9.40. The van der Waals surface area contributed by atoms with Crippen molar-refractivity contribution in [1.29, 1.82) is 0 Å². The van der Waals surface area contributed by atoms with Crippen molar-refractivity contribution < 1.29 is 5.11 Å². The first-order valence-corrected chi connectivity index (χ1v) is 3.00. The van der Waals surface area contributed by atoms with Gasteiger partial charge in [-0.3, -0.25) is 5.84 Å². The predicted octanol–water partition coefficient (Wildman–Crippen LogP) is 0.986. The number of hydrogen-bond acceptors (Lipinski definition) is 3. The molecule has 0 unspecified atom stereocenters. The van der Waals surface area contributed by atoms with E-state index in [9.17, 15) is 0 Å². The Bertz CT molecular complexity index is 235. The van der Waals surface area contributed by atoms with Gasteiger partial charge in [-0.25, -0.2) is 0 Å². The van der Waals surface area contributed by atoms with Crippen LogP contribution in [0.3, 0.4) is 0 Å². The molecule has 1 rings (SSSR count). The van der Waals surface area contributed by atoms with Crippen molar-refractivity contribution in [2.24, 2.45) is 5.84 Å². The van der Waals surface area contributed by atoms with Crippen molar-refractivity contribution in [3.8, 4) is 5.75 Å². The van der Waals surface area contributed by atoms with Crippen LogP contribution >= 0.6 is 0 Å². The van der Waals surface area contributed by atoms with Crippen LogP contribution < -0.4 is 11.3 Å². The minimum Gasteiger partial charge on any atom is -0.508 e. The van der Waals surface area contributed by atoms with E-state index in [-0.39, 0.29) is 5.75 Å². The van der Waals surface area contributed by atoms with Crippen LogP contribution in [-0.2, 0) is 0 Å². The SMILES string of the molecule is Cc1ccc(O)cc1NN. The summed E-state index contributed by atoms with van der Waals surface area (Å²) >= 11 is 0. The summed E-state index contributed by atoms with van der Waals surface area (Å²) in [7, 11) is 0. The van der Waals surface area contributed by atoms with Gasteiger partial charge in [0.1, 0.15) is 5.75 Å². The van der Waals surface area contributed by atoms with E-state index in [0.29, 0.717) is 0 Å². The van der Waals surface area contributed by atoms with Crippen LogP contribution in [0.1, 0.15) is 5.56 Å². The summed E-state index contributed by atoms with van der Waals surface area (Å²) in [4.78, 5) is 0. The molecule has 3 heteroatoms. The number of benzene rings is 1. The Morgan fingerprint density at radius 1 is 1.50 bits per heavy atom. The second-order valence-electron chi connectivity index (χ2n) is 2.14. The minimum atomic E-state index is 0.221. The van der Waals surface area contributed by atoms with Crippen LogP contribution in [0.4, 0.5) is 5.69 Å². The summed E-state index contributed by atoms with van der Waals surface area (Å²) in [6.45, 7) is 1.91. The van der Waals surface area contributed by atoms with E-state index in [1.54, 1.807) is 18.2 Å². The Kier molecular flexibility index (Phi) is 1.78. The van der Waals surface area contributed by atoms with Crippen LogP contribution in [0, 0.1) is 6.92 Å². The fourth-order valence-corrected chi connectivity index (χ4v) is 0.765. The third-order valence-electron chi connectivity index (χ3n) is 1.38. The van der Waals surface area contributed by atoms with E-state index in [4.69, 9.17) is 10.9 Å². The van der Waals surface area contributed by atoms with Gasteiger partial charge in [-0.1, -0.05) is 6.07 Å². The van der Waals surface area contributed by atoms with Gasteiger partial charge in [0, 0.05) is 6.07 Å². The Morgan fingerprint density at radius 3 is 2.70 bits per heavy atom. The second kappa shape index (κ2) is 2.58. The molecule has 1 aromatic carbocycles. The van der Waals surface area contributed by atoms with Crippen molar-refractivity contribution in [2.45, 2.75) is 6.92 Å². The molecule has 1 aromatic rings. The number of nitrogens with one attached hydrogen (secondary N) is 1. The zero-order chi connectivity index (χ0) is 7.56. The van der Waals surface area contributed by atoms with Crippen LogP contribution in [-0.4, -0.2) is 5.11 Å². The van der Waals surface area contributed by atoms with Crippen molar-refractivity contribution in [2.75, 3.05) is 5.43 Å². The Labute approximate surface area is 59.5 Å². The minimum absolute atomic E-state index is 0.221. The third kappa shape index (κ3) is 1.19. The molecule has 0 atom stereocenters. The van der Waals surface area contributed by atoms with Gasteiger partial charge in [-0.05, 0) is 18.6 Å². The zero-order valence-corrected chi connectivity index (χ0v) is 5.76. The maximum absolute atomic E-state index is 8.97. The topological polar surface area (TPSA) is 58.3 Å². The maximum atomic E-state index is 8.97. The quantitative estimate of drug-likeness (QED) is 0.400. The fourth-order valence-electron chi connectivity index (χ4n) is 0.765. The molecule has 4 N–H and O–H groups in total. The average molecular weight is 138 g/mol. The predicted molar refractivity (Wildman–Crippen MR) is 40.7 cm³/mol. The lowest BCUT2D eigenvalue weighted by atomic mass is 10.2. The molecule has 0 aliphatic carbocycles. The number of phenolic OH excluding ortho intramolecular Hbond substituents is 1. The number of nitrogen functional groups attached to an aromatic ring is 1. The molecule has 10 heavy (non-hydrogen) atoms. The molecule has 0 heterocycles. The summed E-state index contributed by atoms with van der Waals surface area (Å²) in [5, 5.41) is 8.97. The summed E-state index contributed by atoms with van der Waals surface area (Å²) < 4.78 is 0. The standard InChI is InChI=1S/C7H10N2O/c1-5-2-3-6(10)4-7(5)9-8/h2-4,9-10H,8H2,1H3. The molecule has 3 nitrogen and oxygen atoms in total. The van der Waals surface area contributed by atoms with Crippen molar-refractivity contribution >= 4 is 5.69 Å². The highest BCUT2D eigenvalue weighted by atomic mass is 16.3. The van der Waals surface area contributed by atoms with E-state index in [1.807, 2.05) is 6.92 Å². The highest BCUT2D eigenvalue weighted by molar-refractivity contribution is 5.53. The van der Waals surface area contributed by atoms with E-state index in [1.165, 1.54) is 0 Å². The van der Waals surface area contributed by atoms with E-state index < -0.39 is 0 Å². The first-order valence-electron chi connectivity index (χ1n) is 3.00. The van der Waals surface area contributed by atoms with Crippen molar-refractivity contribution in [3.05, 3.63) is 23.8 Å². The van der Waals surface area contributed by atoms with Gasteiger partial charge >= 0.3 is 0 Å². The molecule has 0 aromatic heterocycles. The first kappa shape index (κ1) is 6.89. The monoisotopic (exact) mass is 138 g/mol. The highest BCUT2D eigenvalue weighted by Crippen LogP contribution is 2.18. The smallest absolute Gasteiger partial charge is 0.117 e. The van der Waals surface area contributed by atoms with Crippen molar-refractivity contribution in [3.63, 3.8) is 0 Å². The number of hydrogen-bond donors (Lipinski definition) is 3. The molecule has 0 spiro atoms. The van der Waals surface area contributed by atoms with Crippen LogP contribution in [0.25, 0.3) is 0 Å². The molecule has 54 valence electrons. The van der Waals surface area contributed by atoms with Gasteiger partial charge in [0.05, 0.1) is 5.69 Å². The third-order valence-corrected chi connectivity index (χ3v) is 1.38. The number of aromatic hydroxyl groups is 1. The molecule has 0 saturated carbocycles. The number of phenols is 1. The highest BCUT2D eigenvalue weighted by Gasteiger charge is 1.95. The molecule has 0 saturated heterocycles. The molecular weight excluding hydrogens is 128 g/mol. The molecule has 0 aliphatic rings. The van der Waals surface area contributed by atoms with E-state index in [0.717, 1.165) is 11.3 Å². The molecule has 0 amide bonds. The van der Waals surface area contributed by atoms with E-state index >= 15 is 0 Å². The molecular formula is C7H10N2O. The lowest BCUT2D eigenvalue weighted by molar-refractivity contribution is 0.475. The summed E-state index contributed by atoms with van der Waals surface area (Å²) in [6, 6.07) is 5.00. The number of aryl methyl sites for hydroxylation is 1. The van der Waals surface area contributed by atoms with Crippen LogP contribution in [0.2, 0.25) is 0 Å². The number of rotatable bonds is 1. The van der Waals surface area contributed by atoms with Gasteiger partial charge in [-0.2, -0.15) is 0 Å².